The second-order valence-electron chi connectivity index (χ2n) is 4.20. The van der Waals surface area contributed by atoms with Crippen molar-refractivity contribution in [2.45, 2.75) is 20.3 Å². The normalized spacial score (nSPS) is 10.7. The molecule has 0 saturated heterocycles. The molecule has 0 aliphatic rings. The lowest BCUT2D eigenvalue weighted by atomic mass is 10.2. The Morgan fingerprint density at radius 3 is 2.50 bits per heavy atom. The van der Waals surface area contributed by atoms with Gasteiger partial charge >= 0.3 is 0 Å². The standard InChI is InChI=1S/C13H13F3N4/c1-3-9-19-12(17)6(2)13(20-9)18-8-5-4-7(14)10(15)11(8)16/h4-5H,3H2,1-2H3,(H3,17,18,19,20). The summed E-state index contributed by atoms with van der Waals surface area (Å²) in [5, 5.41) is 2.61. The van der Waals surface area contributed by atoms with Gasteiger partial charge in [0.15, 0.2) is 17.5 Å². The molecule has 1 aromatic heterocycles. The number of nitrogens with two attached hydrogens (primary N) is 1. The number of anilines is 3. The third-order valence-electron chi connectivity index (χ3n) is 2.83. The lowest BCUT2D eigenvalue weighted by molar-refractivity contribution is 0.449. The van der Waals surface area contributed by atoms with Crippen molar-refractivity contribution >= 4 is 17.3 Å². The fraction of sp³-hybridized carbons (Fsp3) is 0.231. The number of nitrogen functional groups attached to an aromatic ring is 1. The first-order chi connectivity index (χ1) is 9.43. The van der Waals surface area contributed by atoms with Crippen LogP contribution in [-0.4, -0.2) is 9.97 Å². The van der Waals surface area contributed by atoms with Crippen molar-refractivity contribution < 1.29 is 13.2 Å². The fourth-order valence-electron chi connectivity index (χ4n) is 1.61. The molecule has 0 fully saturated rings. The highest BCUT2D eigenvalue weighted by Gasteiger charge is 2.15. The minimum absolute atomic E-state index is 0.216. The van der Waals surface area contributed by atoms with Crippen LogP contribution in [0.3, 0.4) is 0 Å². The Bertz CT molecular complexity index is 659. The molecule has 1 aromatic carbocycles. The smallest absolute Gasteiger partial charge is 0.196 e. The zero-order valence-electron chi connectivity index (χ0n) is 11.0. The predicted molar refractivity (Wildman–Crippen MR) is 70.2 cm³/mol. The summed E-state index contributed by atoms with van der Waals surface area (Å²) in [6.07, 6.45) is 0.541. The van der Waals surface area contributed by atoms with Crippen LogP contribution in [-0.2, 0) is 6.42 Å². The molecule has 0 atom stereocenters. The van der Waals surface area contributed by atoms with E-state index in [1.807, 2.05) is 6.92 Å². The fourth-order valence-corrected chi connectivity index (χ4v) is 1.61. The van der Waals surface area contributed by atoms with Crippen molar-refractivity contribution in [1.29, 1.82) is 0 Å². The van der Waals surface area contributed by atoms with E-state index in [2.05, 4.69) is 15.3 Å². The molecule has 3 N–H and O–H groups in total. The third-order valence-corrected chi connectivity index (χ3v) is 2.83. The lowest BCUT2D eigenvalue weighted by Gasteiger charge is -2.12. The Morgan fingerprint density at radius 1 is 1.15 bits per heavy atom. The van der Waals surface area contributed by atoms with Crippen molar-refractivity contribution in [3.63, 3.8) is 0 Å². The maximum Gasteiger partial charge on any atom is 0.196 e. The number of halogens is 3. The molecule has 20 heavy (non-hydrogen) atoms. The molecule has 0 aliphatic heterocycles. The van der Waals surface area contributed by atoms with Crippen molar-refractivity contribution in [2.75, 3.05) is 11.1 Å². The van der Waals surface area contributed by atoms with E-state index < -0.39 is 17.5 Å². The van der Waals surface area contributed by atoms with Crippen LogP contribution in [0.5, 0.6) is 0 Å². The van der Waals surface area contributed by atoms with Crippen LogP contribution in [0.2, 0.25) is 0 Å². The monoisotopic (exact) mass is 282 g/mol. The summed E-state index contributed by atoms with van der Waals surface area (Å²) in [5.74, 6) is -3.11. The van der Waals surface area contributed by atoms with E-state index in [1.54, 1.807) is 6.92 Å². The molecule has 1 heterocycles. The van der Waals surface area contributed by atoms with E-state index in [1.165, 1.54) is 0 Å². The van der Waals surface area contributed by atoms with Gasteiger partial charge in [0.25, 0.3) is 0 Å². The van der Waals surface area contributed by atoms with Gasteiger partial charge in [0.2, 0.25) is 0 Å². The van der Waals surface area contributed by atoms with E-state index in [9.17, 15) is 13.2 Å². The molecule has 0 radical (unpaired) electrons. The molecule has 2 aromatic rings. The second kappa shape index (κ2) is 5.36. The molecule has 0 unspecified atom stereocenters. The van der Waals surface area contributed by atoms with Crippen molar-refractivity contribution in [2.24, 2.45) is 0 Å². The highest BCUT2D eigenvalue weighted by atomic mass is 19.2. The van der Waals surface area contributed by atoms with Gasteiger partial charge in [-0.1, -0.05) is 6.92 Å². The number of hydrogen-bond acceptors (Lipinski definition) is 4. The molecule has 0 amide bonds. The van der Waals surface area contributed by atoms with E-state index in [-0.39, 0.29) is 17.3 Å². The minimum Gasteiger partial charge on any atom is -0.383 e. The molecule has 0 spiro atoms. The van der Waals surface area contributed by atoms with Crippen LogP contribution in [0.25, 0.3) is 0 Å². The number of benzene rings is 1. The first-order valence-corrected chi connectivity index (χ1v) is 5.97. The summed E-state index contributed by atoms with van der Waals surface area (Å²) in [6, 6.07) is 1.93. The average Bonchev–Trinajstić information content (AvgIpc) is 2.44. The summed E-state index contributed by atoms with van der Waals surface area (Å²) >= 11 is 0. The van der Waals surface area contributed by atoms with Crippen LogP contribution in [0.15, 0.2) is 12.1 Å². The van der Waals surface area contributed by atoms with Gasteiger partial charge in [0.1, 0.15) is 17.5 Å². The first kappa shape index (κ1) is 14.1. The van der Waals surface area contributed by atoms with Crippen molar-refractivity contribution in [3.05, 3.63) is 41.0 Å². The highest BCUT2D eigenvalue weighted by Crippen LogP contribution is 2.26. The number of rotatable bonds is 3. The van der Waals surface area contributed by atoms with Gasteiger partial charge in [0, 0.05) is 12.0 Å². The molecular weight excluding hydrogens is 269 g/mol. The Balaban J connectivity index is 2.45. The molecule has 0 bridgehead atoms. The Kier molecular flexibility index (Phi) is 3.78. The van der Waals surface area contributed by atoms with E-state index in [4.69, 9.17) is 5.73 Å². The van der Waals surface area contributed by atoms with Crippen LogP contribution < -0.4 is 11.1 Å². The van der Waals surface area contributed by atoms with Gasteiger partial charge in [-0.05, 0) is 19.1 Å². The molecule has 4 nitrogen and oxygen atoms in total. The maximum absolute atomic E-state index is 13.6. The van der Waals surface area contributed by atoms with Gasteiger partial charge in [-0.25, -0.2) is 23.1 Å². The molecular formula is C13H13F3N4. The van der Waals surface area contributed by atoms with E-state index >= 15 is 0 Å². The van der Waals surface area contributed by atoms with Gasteiger partial charge < -0.3 is 11.1 Å². The van der Waals surface area contributed by atoms with E-state index in [0.717, 1.165) is 12.1 Å². The summed E-state index contributed by atoms with van der Waals surface area (Å²) in [4.78, 5) is 8.20. The topological polar surface area (TPSA) is 63.8 Å². The molecule has 2 rings (SSSR count). The Morgan fingerprint density at radius 2 is 1.85 bits per heavy atom. The number of aryl methyl sites for hydroxylation is 1. The zero-order chi connectivity index (χ0) is 14.9. The summed E-state index contributed by atoms with van der Waals surface area (Å²) in [5.41, 5.74) is 6.01. The maximum atomic E-state index is 13.6. The number of nitrogens with one attached hydrogen (secondary N) is 1. The van der Waals surface area contributed by atoms with Crippen LogP contribution in [0.1, 0.15) is 18.3 Å². The van der Waals surface area contributed by atoms with Crippen molar-refractivity contribution in [1.82, 2.24) is 9.97 Å². The Labute approximate surface area is 113 Å². The summed E-state index contributed by atoms with van der Waals surface area (Å²) < 4.78 is 39.7. The Hall–Kier alpha value is -2.31. The number of nitrogens with zero attached hydrogens (tertiary/aromatic N) is 2. The van der Waals surface area contributed by atoms with Crippen LogP contribution in [0.4, 0.5) is 30.5 Å². The van der Waals surface area contributed by atoms with Crippen LogP contribution in [0, 0.1) is 24.4 Å². The molecule has 0 saturated carbocycles. The number of aromatic nitrogens is 2. The van der Waals surface area contributed by atoms with E-state index in [0.29, 0.717) is 17.8 Å². The quantitative estimate of drug-likeness (QED) is 0.849. The zero-order valence-corrected chi connectivity index (χ0v) is 11.0. The summed E-state index contributed by atoms with van der Waals surface area (Å²) in [6.45, 7) is 3.49. The largest absolute Gasteiger partial charge is 0.383 e. The molecule has 106 valence electrons. The predicted octanol–water partition coefficient (Wildman–Crippen LogP) is 3.09. The number of hydrogen-bond donors (Lipinski definition) is 2. The van der Waals surface area contributed by atoms with Gasteiger partial charge in [-0.2, -0.15) is 0 Å². The van der Waals surface area contributed by atoms with Crippen molar-refractivity contribution in [3.8, 4) is 0 Å². The SMILES string of the molecule is CCc1nc(N)c(C)c(Nc2ccc(F)c(F)c2F)n1. The highest BCUT2D eigenvalue weighted by molar-refractivity contribution is 5.64. The third kappa shape index (κ3) is 2.52. The van der Waals surface area contributed by atoms with Crippen LogP contribution >= 0.6 is 0 Å². The second-order valence-corrected chi connectivity index (χ2v) is 4.20. The minimum atomic E-state index is -1.54. The van der Waals surface area contributed by atoms with Gasteiger partial charge in [0.05, 0.1) is 5.69 Å². The van der Waals surface area contributed by atoms with Gasteiger partial charge in [-0.3, -0.25) is 0 Å². The molecule has 0 aliphatic carbocycles. The lowest BCUT2D eigenvalue weighted by Crippen LogP contribution is -2.08. The first-order valence-electron chi connectivity index (χ1n) is 5.97. The summed E-state index contributed by atoms with van der Waals surface area (Å²) in [7, 11) is 0. The average molecular weight is 282 g/mol. The van der Waals surface area contributed by atoms with Gasteiger partial charge in [-0.15, -0.1) is 0 Å². The molecule has 7 heteroatoms.